The van der Waals surface area contributed by atoms with Gasteiger partial charge in [-0.15, -0.1) is 0 Å². The van der Waals surface area contributed by atoms with E-state index in [1.54, 1.807) is 4.73 Å². The highest BCUT2D eigenvalue weighted by molar-refractivity contribution is 5.61. The highest BCUT2D eigenvalue weighted by Crippen LogP contribution is 2.16. The SMILES string of the molecule is CCO[n+]1ccc(-c2ccccc2)cc1. The van der Waals surface area contributed by atoms with Gasteiger partial charge in [-0.05, 0) is 18.1 Å². The summed E-state index contributed by atoms with van der Waals surface area (Å²) in [5.41, 5.74) is 2.42. The normalized spacial score (nSPS) is 9.93. The third kappa shape index (κ3) is 2.34. The standard InChI is InChI=1S/C13H14NO/c1-2-15-14-10-8-13(9-11-14)12-6-4-3-5-7-12/h3-11H,2H2,1H3/q+1. The van der Waals surface area contributed by atoms with Gasteiger partial charge in [0, 0.05) is 16.9 Å². The second-order valence-corrected chi connectivity index (χ2v) is 3.23. The quantitative estimate of drug-likeness (QED) is 0.691. The van der Waals surface area contributed by atoms with Crippen LogP contribution in [0.25, 0.3) is 11.1 Å². The summed E-state index contributed by atoms with van der Waals surface area (Å²) < 4.78 is 1.71. The monoisotopic (exact) mass is 200 g/mol. The summed E-state index contributed by atoms with van der Waals surface area (Å²) in [6.45, 7) is 2.65. The van der Waals surface area contributed by atoms with Crippen LogP contribution in [0.2, 0.25) is 0 Å². The molecule has 2 nitrogen and oxygen atoms in total. The predicted molar refractivity (Wildman–Crippen MR) is 59.2 cm³/mol. The largest absolute Gasteiger partial charge is 0.272 e. The lowest BCUT2D eigenvalue weighted by Crippen LogP contribution is -2.41. The van der Waals surface area contributed by atoms with Crippen LogP contribution < -0.4 is 9.57 Å². The van der Waals surface area contributed by atoms with Crippen LogP contribution in [0, 0.1) is 0 Å². The van der Waals surface area contributed by atoms with Crippen molar-refractivity contribution in [2.24, 2.45) is 0 Å². The molecule has 2 rings (SSSR count). The van der Waals surface area contributed by atoms with Crippen LogP contribution in [0.5, 0.6) is 0 Å². The summed E-state index contributed by atoms with van der Waals surface area (Å²) in [6, 6.07) is 14.4. The number of benzene rings is 1. The molecule has 1 aromatic heterocycles. The van der Waals surface area contributed by atoms with Gasteiger partial charge in [0.15, 0.2) is 6.61 Å². The van der Waals surface area contributed by atoms with E-state index in [9.17, 15) is 0 Å². The fourth-order valence-electron chi connectivity index (χ4n) is 1.47. The Labute approximate surface area is 89.7 Å². The van der Waals surface area contributed by atoms with Crippen molar-refractivity contribution >= 4 is 0 Å². The fraction of sp³-hybridized carbons (Fsp3) is 0.154. The van der Waals surface area contributed by atoms with Crippen molar-refractivity contribution in [3.63, 3.8) is 0 Å². The van der Waals surface area contributed by atoms with Gasteiger partial charge in [0.05, 0.1) is 0 Å². The number of nitrogens with zero attached hydrogens (tertiary/aromatic N) is 1. The number of pyridine rings is 1. The molecule has 1 aromatic carbocycles. The molecule has 0 amide bonds. The van der Waals surface area contributed by atoms with Gasteiger partial charge >= 0.3 is 0 Å². The lowest BCUT2D eigenvalue weighted by molar-refractivity contribution is -0.890. The number of hydrogen-bond donors (Lipinski definition) is 0. The molecular weight excluding hydrogens is 186 g/mol. The molecule has 0 bridgehead atoms. The molecule has 0 atom stereocenters. The maximum Gasteiger partial charge on any atom is 0.223 e. The predicted octanol–water partition coefficient (Wildman–Crippen LogP) is 2.09. The smallest absolute Gasteiger partial charge is 0.223 e. The van der Waals surface area contributed by atoms with Crippen LogP contribution in [0.3, 0.4) is 0 Å². The first-order valence-electron chi connectivity index (χ1n) is 5.10. The summed E-state index contributed by atoms with van der Waals surface area (Å²) >= 11 is 0. The average molecular weight is 200 g/mol. The minimum absolute atomic E-state index is 0.676. The Balaban J connectivity index is 2.24. The molecule has 0 aliphatic carbocycles. The molecule has 0 aliphatic heterocycles. The number of aromatic nitrogens is 1. The Morgan fingerprint density at radius 2 is 1.53 bits per heavy atom. The highest BCUT2D eigenvalue weighted by atomic mass is 16.7. The van der Waals surface area contributed by atoms with Gasteiger partial charge in [0.25, 0.3) is 0 Å². The summed E-state index contributed by atoms with van der Waals surface area (Å²) in [5.74, 6) is 0. The maximum absolute atomic E-state index is 5.31. The first-order valence-corrected chi connectivity index (χ1v) is 5.10. The zero-order valence-electron chi connectivity index (χ0n) is 8.76. The highest BCUT2D eigenvalue weighted by Gasteiger charge is 2.01. The second kappa shape index (κ2) is 4.60. The molecular formula is C13H14NO+. The third-order valence-electron chi connectivity index (χ3n) is 2.19. The van der Waals surface area contributed by atoms with Gasteiger partial charge < -0.3 is 0 Å². The van der Waals surface area contributed by atoms with E-state index >= 15 is 0 Å². The molecule has 0 unspecified atom stereocenters. The molecule has 0 N–H and O–H groups in total. The van der Waals surface area contributed by atoms with Gasteiger partial charge in [0.2, 0.25) is 12.4 Å². The van der Waals surface area contributed by atoms with E-state index in [2.05, 4.69) is 12.1 Å². The second-order valence-electron chi connectivity index (χ2n) is 3.23. The van der Waals surface area contributed by atoms with Gasteiger partial charge in [0.1, 0.15) is 0 Å². The molecule has 2 aromatic rings. The zero-order valence-corrected chi connectivity index (χ0v) is 8.76. The van der Waals surface area contributed by atoms with Crippen LogP contribution in [-0.2, 0) is 0 Å². The van der Waals surface area contributed by atoms with E-state index in [4.69, 9.17) is 4.84 Å². The van der Waals surface area contributed by atoms with E-state index in [0.717, 1.165) is 0 Å². The van der Waals surface area contributed by atoms with Crippen molar-refractivity contribution in [1.82, 2.24) is 0 Å². The van der Waals surface area contributed by atoms with Crippen molar-refractivity contribution < 1.29 is 9.57 Å². The zero-order chi connectivity index (χ0) is 10.5. The van der Waals surface area contributed by atoms with Crippen LogP contribution in [0.4, 0.5) is 0 Å². The maximum atomic E-state index is 5.31. The van der Waals surface area contributed by atoms with E-state index in [1.165, 1.54) is 11.1 Å². The molecule has 0 aliphatic rings. The van der Waals surface area contributed by atoms with Crippen LogP contribution in [-0.4, -0.2) is 6.61 Å². The lowest BCUT2D eigenvalue weighted by Gasteiger charge is -1.99. The topological polar surface area (TPSA) is 13.1 Å². The Morgan fingerprint density at radius 3 is 2.13 bits per heavy atom. The van der Waals surface area contributed by atoms with E-state index in [1.807, 2.05) is 49.6 Å². The average Bonchev–Trinajstić information content (AvgIpc) is 2.32. The van der Waals surface area contributed by atoms with Crippen molar-refractivity contribution in [3.05, 3.63) is 54.9 Å². The summed E-state index contributed by atoms with van der Waals surface area (Å²) in [7, 11) is 0. The van der Waals surface area contributed by atoms with Gasteiger partial charge in [-0.3, -0.25) is 4.84 Å². The van der Waals surface area contributed by atoms with Gasteiger partial charge in [-0.2, -0.15) is 0 Å². The molecule has 1 heterocycles. The molecule has 0 radical (unpaired) electrons. The molecule has 2 heteroatoms. The molecule has 76 valence electrons. The summed E-state index contributed by atoms with van der Waals surface area (Å²) in [6.07, 6.45) is 3.84. The Kier molecular flexibility index (Phi) is 2.98. The lowest BCUT2D eigenvalue weighted by atomic mass is 10.1. The van der Waals surface area contributed by atoms with E-state index in [0.29, 0.717) is 6.61 Å². The van der Waals surface area contributed by atoms with Crippen molar-refractivity contribution in [2.75, 3.05) is 6.61 Å². The summed E-state index contributed by atoms with van der Waals surface area (Å²) in [5, 5.41) is 0. The summed E-state index contributed by atoms with van der Waals surface area (Å²) in [4.78, 5) is 5.31. The van der Waals surface area contributed by atoms with E-state index in [-0.39, 0.29) is 0 Å². The fourth-order valence-corrected chi connectivity index (χ4v) is 1.47. The molecule has 15 heavy (non-hydrogen) atoms. The van der Waals surface area contributed by atoms with Crippen molar-refractivity contribution in [2.45, 2.75) is 6.92 Å². The minimum atomic E-state index is 0.676. The Bertz CT molecular complexity index is 408. The molecule has 0 saturated carbocycles. The number of hydrogen-bond acceptors (Lipinski definition) is 1. The minimum Gasteiger partial charge on any atom is -0.272 e. The Hall–Kier alpha value is -1.83. The van der Waals surface area contributed by atoms with E-state index < -0.39 is 0 Å². The molecule has 0 fully saturated rings. The van der Waals surface area contributed by atoms with Crippen molar-refractivity contribution in [3.8, 4) is 11.1 Å². The molecule has 0 saturated heterocycles. The van der Waals surface area contributed by atoms with Gasteiger partial charge in [-0.1, -0.05) is 30.3 Å². The van der Waals surface area contributed by atoms with Crippen LogP contribution >= 0.6 is 0 Å². The Morgan fingerprint density at radius 1 is 0.933 bits per heavy atom. The van der Waals surface area contributed by atoms with Crippen molar-refractivity contribution in [1.29, 1.82) is 0 Å². The van der Waals surface area contributed by atoms with Crippen LogP contribution in [0.15, 0.2) is 54.9 Å². The number of rotatable bonds is 3. The van der Waals surface area contributed by atoms with Gasteiger partial charge in [-0.25, -0.2) is 0 Å². The third-order valence-corrected chi connectivity index (χ3v) is 2.19. The first kappa shape index (κ1) is 9.71. The van der Waals surface area contributed by atoms with Crippen LogP contribution in [0.1, 0.15) is 6.92 Å². The first-order chi connectivity index (χ1) is 7.40. The molecule has 0 spiro atoms.